The smallest absolute Gasteiger partial charge is 0.321 e. The molecule has 0 unspecified atom stereocenters. The van der Waals surface area contributed by atoms with Crippen LogP contribution in [-0.2, 0) is 17.6 Å². The minimum Gasteiger partial charge on any atom is -0.497 e. The van der Waals surface area contributed by atoms with Gasteiger partial charge in [-0.05, 0) is 118 Å². The lowest BCUT2D eigenvalue weighted by Crippen LogP contribution is -2.54. The van der Waals surface area contributed by atoms with Crippen molar-refractivity contribution in [1.82, 2.24) is 4.90 Å². The Morgan fingerprint density at radius 3 is 2.56 bits per heavy atom. The Bertz CT molecular complexity index is 1730. The highest BCUT2D eigenvalue weighted by atomic mass is 35.5. The molecule has 2 amide bonds. The topological polar surface area (TPSA) is 108 Å². The Morgan fingerprint density at radius 2 is 1.85 bits per heavy atom. The molecule has 0 aromatic heterocycles. The molecular formula is C42H52ClFN2O6. The van der Waals surface area contributed by atoms with Crippen molar-refractivity contribution in [2.24, 2.45) is 5.41 Å². The first kappa shape index (κ1) is 39.4. The summed E-state index contributed by atoms with van der Waals surface area (Å²) in [6.45, 7) is 5.04. The molecule has 6 rings (SSSR count). The van der Waals surface area contributed by atoms with Gasteiger partial charge in [0.25, 0.3) is 0 Å². The van der Waals surface area contributed by atoms with E-state index >= 15 is 0 Å². The number of fused-ring (bicyclic) bond motifs is 8. The molecule has 0 saturated heterocycles. The third-order valence-electron chi connectivity index (χ3n) is 11.2. The Balaban J connectivity index is 1.54. The summed E-state index contributed by atoms with van der Waals surface area (Å²) in [6, 6.07) is 16.9. The number of benzene rings is 3. The number of nitrogens with one attached hydrogen (secondary N) is 1. The van der Waals surface area contributed by atoms with Crippen LogP contribution in [0.2, 0.25) is 5.02 Å². The van der Waals surface area contributed by atoms with Crippen molar-refractivity contribution in [2.45, 2.75) is 89.3 Å². The zero-order valence-electron chi connectivity index (χ0n) is 30.7. The number of nitrogens with zero attached hydrogens (tertiary/aromatic N) is 1. The first-order valence-corrected chi connectivity index (χ1v) is 18.6. The number of amides is 2. The highest BCUT2D eigenvalue weighted by molar-refractivity contribution is 6.31. The number of hydrogen-bond acceptors (Lipinski definition) is 6. The number of methoxy groups -OCH3 is 2. The third-order valence-corrected chi connectivity index (χ3v) is 11.6. The van der Waals surface area contributed by atoms with Crippen LogP contribution < -0.4 is 10.1 Å². The largest absolute Gasteiger partial charge is 0.497 e. The lowest BCUT2D eigenvalue weighted by atomic mass is 9.64. The number of ketones is 1. The first-order valence-electron chi connectivity index (χ1n) is 18.2. The quantitative estimate of drug-likeness (QED) is 0.104. The van der Waals surface area contributed by atoms with Crippen LogP contribution in [0, 0.1) is 11.2 Å². The van der Waals surface area contributed by atoms with Crippen LogP contribution in [0.4, 0.5) is 14.9 Å². The maximum atomic E-state index is 14.9. The minimum atomic E-state index is -1.31. The van der Waals surface area contributed by atoms with Crippen molar-refractivity contribution in [1.29, 1.82) is 0 Å². The van der Waals surface area contributed by atoms with E-state index in [1.165, 1.54) is 17.7 Å². The van der Waals surface area contributed by atoms with E-state index < -0.39 is 22.9 Å². The second-order valence-electron chi connectivity index (χ2n) is 14.7. The third kappa shape index (κ3) is 9.05. The second kappa shape index (κ2) is 17.4. The number of ether oxygens (including phenoxy) is 2. The van der Waals surface area contributed by atoms with E-state index in [2.05, 4.69) is 25.2 Å². The highest BCUT2D eigenvalue weighted by Gasteiger charge is 2.57. The number of carbonyl (C=O) groups excluding carboxylic acids is 2. The average molecular weight is 735 g/mol. The number of hydrogen-bond donors (Lipinski definition) is 3. The Morgan fingerprint density at radius 1 is 1.08 bits per heavy atom. The summed E-state index contributed by atoms with van der Waals surface area (Å²) in [5.41, 5.74) is 1.87. The number of halogens is 2. The van der Waals surface area contributed by atoms with Crippen LogP contribution in [0.3, 0.4) is 0 Å². The predicted molar refractivity (Wildman–Crippen MR) is 203 cm³/mol. The molecule has 52 heavy (non-hydrogen) atoms. The van der Waals surface area contributed by atoms with Gasteiger partial charge in [0, 0.05) is 53.9 Å². The molecule has 0 spiro atoms. The number of urea groups is 1. The first-order chi connectivity index (χ1) is 24.9. The standard InChI is InChI=1S/C42H52ClFN2O6/c1-28-8-6-20-41(2)36(19-21-42(41,50)27-46(22-7-23-51-3)40(49)45-30-13-16-32(52-4)17-14-30)33-18-12-29(24-31(47)15-11-28)25-34(33)39(48)26-35-37(43)9-5-10-38(35)44/h5,8-10,12-14,16-18,25,31,36,47,50H,6-7,11,15,19-24,26-27H2,1-4H3,(H,45,49)/t31-,36-,41-,42+/m0/s1. The average Bonchev–Trinajstić information content (AvgIpc) is 3.37. The van der Waals surface area contributed by atoms with E-state index in [-0.39, 0.29) is 41.3 Å². The normalized spacial score (nSPS) is 23.3. The van der Waals surface area contributed by atoms with Crippen LogP contribution in [-0.4, -0.2) is 72.5 Å². The molecule has 3 N–H and O–H groups in total. The van der Waals surface area contributed by atoms with Crippen molar-refractivity contribution < 1.29 is 33.7 Å². The summed E-state index contributed by atoms with van der Waals surface area (Å²) in [6.07, 6.45) is 5.86. The number of aliphatic hydroxyl groups excluding tert-OH is 1. The molecule has 3 aromatic carbocycles. The van der Waals surface area contributed by atoms with E-state index in [4.69, 9.17) is 21.1 Å². The summed E-state index contributed by atoms with van der Waals surface area (Å²) in [7, 11) is 3.20. The highest BCUT2D eigenvalue weighted by Crippen LogP contribution is 2.59. The summed E-state index contributed by atoms with van der Waals surface area (Å²) in [5.74, 6) is -0.404. The van der Waals surface area contributed by atoms with Gasteiger partial charge >= 0.3 is 6.03 Å². The second-order valence-corrected chi connectivity index (χ2v) is 15.1. The van der Waals surface area contributed by atoms with Gasteiger partial charge in [0.05, 0.1) is 25.4 Å². The van der Waals surface area contributed by atoms with Crippen molar-refractivity contribution in [2.75, 3.05) is 39.2 Å². The van der Waals surface area contributed by atoms with Gasteiger partial charge in [-0.25, -0.2) is 9.18 Å². The molecule has 280 valence electrons. The fourth-order valence-electron chi connectivity index (χ4n) is 8.04. The zero-order valence-corrected chi connectivity index (χ0v) is 31.5. The molecule has 2 bridgehead atoms. The number of anilines is 1. The van der Waals surface area contributed by atoms with Crippen molar-refractivity contribution in [3.05, 3.63) is 105 Å². The summed E-state index contributed by atoms with van der Waals surface area (Å²) in [4.78, 5) is 29.8. The molecule has 0 aliphatic heterocycles. The van der Waals surface area contributed by atoms with Gasteiger partial charge in [0.15, 0.2) is 5.78 Å². The van der Waals surface area contributed by atoms with Crippen LogP contribution in [0.1, 0.15) is 91.8 Å². The van der Waals surface area contributed by atoms with Crippen LogP contribution >= 0.6 is 11.6 Å². The molecule has 0 radical (unpaired) electrons. The molecule has 1 saturated carbocycles. The van der Waals surface area contributed by atoms with E-state index in [0.717, 1.165) is 17.5 Å². The Labute approximate surface area is 312 Å². The van der Waals surface area contributed by atoms with E-state index in [0.29, 0.717) is 75.1 Å². The summed E-state index contributed by atoms with van der Waals surface area (Å²) < 4.78 is 25.5. The van der Waals surface area contributed by atoms with Crippen molar-refractivity contribution in [3.63, 3.8) is 0 Å². The fraction of sp³-hybridized carbons (Fsp3) is 0.476. The predicted octanol–water partition coefficient (Wildman–Crippen LogP) is 8.52. The number of Topliss-reactive ketones (excluding diaryl/α,β-unsaturated/α-hetero) is 1. The SMILES string of the molecule is COCCCN(C[C@]1(O)CC[C@H]2c3ccc(cc3C(=O)Cc3c(F)cccc3Cl)C[C@@H](O)CCC(C)=CCC[C@@]21C)C(=O)Nc1ccc(OC)cc1. The monoisotopic (exact) mass is 734 g/mol. The molecule has 3 aliphatic carbocycles. The molecule has 4 atom stereocenters. The fourth-order valence-corrected chi connectivity index (χ4v) is 8.27. The van der Waals surface area contributed by atoms with Crippen LogP contribution in [0.25, 0.3) is 0 Å². The van der Waals surface area contributed by atoms with Gasteiger partial charge in [-0.15, -0.1) is 0 Å². The number of aliphatic hydroxyl groups is 2. The maximum Gasteiger partial charge on any atom is 0.321 e. The zero-order chi connectivity index (χ0) is 37.5. The number of carbonyl (C=O) groups is 2. The van der Waals surface area contributed by atoms with Gasteiger partial charge in [0.2, 0.25) is 0 Å². The van der Waals surface area contributed by atoms with Crippen LogP contribution in [0.5, 0.6) is 5.75 Å². The lowest BCUT2D eigenvalue weighted by molar-refractivity contribution is -0.0767. The van der Waals surface area contributed by atoms with E-state index in [9.17, 15) is 24.2 Å². The van der Waals surface area contributed by atoms with Gasteiger partial charge in [-0.3, -0.25) is 4.79 Å². The summed E-state index contributed by atoms with van der Waals surface area (Å²) in [5, 5.41) is 27.0. The van der Waals surface area contributed by atoms with E-state index in [1.807, 2.05) is 18.2 Å². The molecular weight excluding hydrogens is 683 g/mol. The minimum absolute atomic E-state index is 0.0762. The van der Waals surface area contributed by atoms with E-state index in [1.54, 1.807) is 49.5 Å². The number of rotatable bonds is 11. The van der Waals surface area contributed by atoms with Gasteiger partial charge in [0.1, 0.15) is 11.6 Å². The molecule has 3 aliphatic rings. The molecule has 1 fully saturated rings. The van der Waals surface area contributed by atoms with Gasteiger partial charge in [-0.1, -0.05) is 48.4 Å². The van der Waals surface area contributed by atoms with Crippen molar-refractivity contribution >= 4 is 29.1 Å². The van der Waals surface area contributed by atoms with Gasteiger partial charge < -0.3 is 29.9 Å². The van der Waals surface area contributed by atoms with Crippen molar-refractivity contribution in [3.8, 4) is 5.75 Å². The molecule has 0 heterocycles. The summed E-state index contributed by atoms with van der Waals surface area (Å²) >= 11 is 6.37. The molecule has 8 nitrogen and oxygen atoms in total. The Hall–Kier alpha value is -3.76. The molecule has 10 heteroatoms. The number of allylic oxidation sites excluding steroid dienone is 2. The lowest BCUT2D eigenvalue weighted by Gasteiger charge is -2.46. The van der Waals surface area contributed by atoms with Gasteiger partial charge in [-0.2, -0.15) is 0 Å². The maximum absolute atomic E-state index is 14.9. The molecule has 3 aromatic rings. The van der Waals surface area contributed by atoms with Crippen LogP contribution in [0.15, 0.2) is 72.3 Å². The Kier molecular flexibility index (Phi) is 13.2.